The zero-order valence-electron chi connectivity index (χ0n) is 24.7. The van der Waals surface area contributed by atoms with E-state index < -0.39 is 23.9 Å². The van der Waals surface area contributed by atoms with Crippen LogP contribution in [0.4, 0.5) is 23.7 Å². The predicted molar refractivity (Wildman–Crippen MR) is 172 cm³/mol. The summed E-state index contributed by atoms with van der Waals surface area (Å²) < 4.78 is 47.2. The summed E-state index contributed by atoms with van der Waals surface area (Å²) in [6.45, 7) is 0. The molecule has 2 N–H and O–H groups in total. The van der Waals surface area contributed by atoms with Gasteiger partial charge in [0.25, 0.3) is 5.56 Å². The highest BCUT2D eigenvalue weighted by Gasteiger charge is 2.32. The molecule has 0 radical (unpaired) electrons. The molecule has 0 aliphatic heterocycles. The summed E-state index contributed by atoms with van der Waals surface area (Å²) in [5.74, 6) is 0.537. The molecule has 0 aliphatic carbocycles. The molecule has 0 fully saturated rings. The minimum absolute atomic E-state index is 0.325. The normalized spacial score (nSPS) is 12.1. The van der Waals surface area contributed by atoms with Crippen LogP contribution in [0.1, 0.15) is 23.0 Å². The summed E-state index contributed by atoms with van der Waals surface area (Å²) >= 11 is 6.28. The van der Waals surface area contributed by atoms with Crippen LogP contribution in [0.3, 0.4) is 0 Å². The van der Waals surface area contributed by atoms with Crippen LogP contribution in [0, 0.1) is 0 Å². The molecule has 13 heteroatoms. The van der Waals surface area contributed by atoms with Crippen molar-refractivity contribution in [1.82, 2.24) is 24.3 Å². The Hall–Kier alpha value is -5.62. The van der Waals surface area contributed by atoms with Gasteiger partial charge in [-0.25, -0.2) is 14.5 Å². The first-order chi connectivity index (χ1) is 22.6. The number of pyridine rings is 1. The van der Waals surface area contributed by atoms with Crippen LogP contribution >= 0.6 is 11.6 Å². The second-order valence-corrected chi connectivity index (χ2v) is 11.0. The summed E-state index contributed by atoms with van der Waals surface area (Å²) in [6.07, 6.45) is 0.242. The van der Waals surface area contributed by atoms with E-state index in [1.54, 1.807) is 53.4 Å². The molecule has 3 aromatic carbocycles. The van der Waals surface area contributed by atoms with Crippen molar-refractivity contribution < 1.29 is 22.7 Å². The number of aromatic amines is 1. The SMILES string of the molecule is COC(=O)Nc1ccc(-c2cnc([C@H](Cc3ccccc3)n3ccc(-c4cc(Cl)ccc4-n4cc(C(F)(F)F)cn4)cc3=O)[nH]2)cc1. The molecule has 6 aromatic rings. The van der Waals surface area contributed by atoms with E-state index in [1.807, 2.05) is 42.5 Å². The maximum atomic E-state index is 13.8. The fourth-order valence-electron chi connectivity index (χ4n) is 5.17. The Morgan fingerprint density at radius 3 is 2.45 bits per heavy atom. The van der Waals surface area contributed by atoms with E-state index in [-0.39, 0.29) is 5.56 Å². The zero-order valence-corrected chi connectivity index (χ0v) is 25.5. The standard InChI is InChI=1S/C34H26ClF3N6O3/c1-47-33(46)41-26-10-7-22(8-11-26)28-19-39-32(42-28)30(15-21-5-3-2-4-6-21)43-14-13-23(16-31(43)45)27-17-25(35)9-12-29(27)44-20-24(18-40-44)34(36,37)38/h2-14,16-20,30H,15H2,1H3,(H,39,42)(H,41,46)/t30-/m0/s1. The van der Waals surface area contributed by atoms with Crippen LogP contribution in [-0.4, -0.2) is 37.5 Å². The Morgan fingerprint density at radius 1 is 1.00 bits per heavy atom. The summed E-state index contributed by atoms with van der Waals surface area (Å²) in [5, 5.41) is 6.85. The molecule has 0 unspecified atom stereocenters. The average molecular weight is 659 g/mol. The highest BCUT2D eigenvalue weighted by molar-refractivity contribution is 6.31. The van der Waals surface area contributed by atoms with E-state index in [2.05, 4.69) is 25.1 Å². The summed E-state index contributed by atoms with van der Waals surface area (Å²) in [7, 11) is 1.28. The van der Waals surface area contributed by atoms with Crippen molar-refractivity contribution in [3.8, 4) is 28.1 Å². The summed E-state index contributed by atoms with van der Waals surface area (Å²) in [4.78, 5) is 33.3. The van der Waals surface area contributed by atoms with Crippen molar-refractivity contribution in [2.24, 2.45) is 0 Å². The van der Waals surface area contributed by atoms with Crippen molar-refractivity contribution in [2.45, 2.75) is 18.6 Å². The van der Waals surface area contributed by atoms with Gasteiger partial charge in [0.2, 0.25) is 0 Å². The average Bonchev–Trinajstić information content (AvgIpc) is 3.76. The van der Waals surface area contributed by atoms with E-state index in [4.69, 9.17) is 11.6 Å². The molecule has 6 rings (SSSR count). The number of benzene rings is 3. The minimum Gasteiger partial charge on any atom is -0.453 e. The van der Waals surface area contributed by atoms with Gasteiger partial charge >= 0.3 is 12.3 Å². The molecule has 1 atom stereocenters. The first-order valence-corrected chi connectivity index (χ1v) is 14.7. The minimum atomic E-state index is -4.56. The van der Waals surface area contributed by atoms with Crippen LogP contribution < -0.4 is 10.9 Å². The van der Waals surface area contributed by atoms with E-state index in [1.165, 1.54) is 13.2 Å². The molecule has 3 aromatic heterocycles. The lowest BCUT2D eigenvalue weighted by molar-refractivity contribution is -0.137. The number of carbonyl (C=O) groups is 1. The predicted octanol–water partition coefficient (Wildman–Crippen LogP) is 7.77. The van der Waals surface area contributed by atoms with Crippen molar-refractivity contribution in [1.29, 1.82) is 0 Å². The highest BCUT2D eigenvalue weighted by atomic mass is 35.5. The lowest BCUT2D eigenvalue weighted by Gasteiger charge is -2.19. The number of alkyl halides is 3. The number of methoxy groups -OCH3 is 1. The van der Waals surface area contributed by atoms with E-state index >= 15 is 0 Å². The third-order valence-corrected chi connectivity index (χ3v) is 7.76. The van der Waals surface area contributed by atoms with Crippen LogP contribution in [0.25, 0.3) is 28.1 Å². The van der Waals surface area contributed by atoms with Crippen LogP contribution in [0.5, 0.6) is 0 Å². The number of hydrogen-bond acceptors (Lipinski definition) is 5. The first-order valence-electron chi connectivity index (χ1n) is 14.3. The van der Waals surface area contributed by atoms with Crippen molar-refractivity contribution in [3.63, 3.8) is 0 Å². The number of H-pyrrole nitrogens is 1. The molecule has 0 aliphatic rings. The van der Waals surface area contributed by atoms with Gasteiger partial charge in [0, 0.05) is 41.2 Å². The number of hydrogen-bond donors (Lipinski definition) is 2. The molecular formula is C34H26ClF3N6O3. The highest BCUT2D eigenvalue weighted by Crippen LogP contribution is 2.33. The molecule has 9 nitrogen and oxygen atoms in total. The van der Waals surface area contributed by atoms with Gasteiger partial charge in [-0.2, -0.15) is 18.3 Å². The van der Waals surface area contributed by atoms with E-state index in [0.717, 1.165) is 28.2 Å². The zero-order chi connectivity index (χ0) is 33.1. The van der Waals surface area contributed by atoms with Gasteiger partial charge in [-0.3, -0.25) is 10.1 Å². The molecule has 0 spiro atoms. The van der Waals surface area contributed by atoms with Gasteiger partial charge in [-0.1, -0.05) is 54.1 Å². The molecule has 238 valence electrons. The Kier molecular flexibility index (Phi) is 8.68. The van der Waals surface area contributed by atoms with Gasteiger partial charge in [0.05, 0.1) is 42.5 Å². The summed E-state index contributed by atoms with van der Waals surface area (Å²) in [6, 6.07) is 24.0. The maximum Gasteiger partial charge on any atom is 0.419 e. The monoisotopic (exact) mass is 658 g/mol. The number of aromatic nitrogens is 5. The van der Waals surface area contributed by atoms with Gasteiger partial charge in [0.15, 0.2) is 0 Å². The molecule has 0 bridgehead atoms. The van der Waals surface area contributed by atoms with E-state index in [9.17, 15) is 22.8 Å². The molecule has 47 heavy (non-hydrogen) atoms. The Labute approximate surface area is 271 Å². The van der Waals surface area contributed by atoms with Crippen molar-refractivity contribution in [3.05, 3.63) is 142 Å². The second-order valence-electron chi connectivity index (χ2n) is 10.6. The van der Waals surface area contributed by atoms with Crippen molar-refractivity contribution in [2.75, 3.05) is 12.4 Å². The topological polar surface area (TPSA) is 107 Å². The second kappa shape index (κ2) is 13.0. The number of nitrogens with one attached hydrogen (secondary N) is 2. The number of ether oxygens (including phenoxy) is 1. The summed E-state index contributed by atoms with van der Waals surface area (Å²) in [5.41, 5.74) is 2.99. The molecule has 0 saturated carbocycles. The molecular weight excluding hydrogens is 633 g/mol. The third kappa shape index (κ3) is 6.97. The lowest BCUT2D eigenvalue weighted by Crippen LogP contribution is -2.27. The molecule has 1 amide bonds. The first kappa shape index (κ1) is 31.4. The largest absolute Gasteiger partial charge is 0.453 e. The quantitative estimate of drug-likeness (QED) is 0.174. The Bertz CT molecular complexity index is 2090. The van der Waals surface area contributed by atoms with Gasteiger partial charge in [-0.15, -0.1) is 0 Å². The number of rotatable bonds is 8. The number of anilines is 1. The van der Waals surface area contributed by atoms with Gasteiger partial charge in [-0.05, 0) is 53.1 Å². The number of halogens is 4. The number of imidazole rings is 1. The fourth-order valence-corrected chi connectivity index (χ4v) is 5.35. The number of carbonyl (C=O) groups excluding carboxylic acids is 1. The van der Waals surface area contributed by atoms with Crippen LogP contribution in [0.15, 0.2) is 115 Å². The maximum absolute atomic E-state index is 13.8. The van der Waals surface area contributed by atoms with Crippen LogP contribution in [0.2, 0.25) is 5.02 Å². The smallest absolute Gasteiger partial charge is 0.419 e. The Balaban J connectivity index is 1.36. The number of nitrogens with zero attached hydrogens (tertiary/aromatic N) is 4. The molecule has 3 heterocycles. The van der Waals surface area contributed by atoms with E-state index in [0.29, 0.717) is 45.5 Å². The molecule has 0 saturated heterocycles. The van der Waals surface area contributed by atoms with Gasteiger partial charge in [0.1, 0.15) is 5.82 Å². The lowest BCUT2D eigenvalue weighted by atomic mass is 10.0. The van der Waals surface area contributed by atoms with Crippen molar-refractivity contribution >= 4 is 23.4 Å². The van der Waals surface area contributed by atoms with Crippen LogP contribution in [-0.2, 0) is 17.3 Å². The third-order valence-electron chi connectivity index (χ3n) is 7.52. The fraction of sp³-hybridized carbons (Fsp3) is 0.118. The van der Waals surface area contributed by atoms with Gasteiger partial charge < -0.3 is 14.3 Å². The Morgan fingerprint density at radius 2 is 1.77 bits per heavy atom. The number of amides is 1.